The topological polar surface area (TPSA) is 70.8 Å². The van der Waals surface area contributed by atoms with E-state index in [4.69, 9.17) is 11.6 Å². The fraction of sp³-hybridized carbons (Fsp3) is 0.333. The molecule has 0 radical (unpaired) electrons. The van der Waals surface area contributed by atoms with Gasteiger partial charge in [-0.25, -0.2) is 4.98 Å². The molecule has 7 nitrogen and oxygen atoms in total. The molecule has 0 bridgehead atoms. The molecule has 2 aromatic heterocycles. The zero-order chi connectivity index (χ0) is 25.4. The summed E-state index contributed by atoms with van der Waals surface area (Å²) >= 11 is 7.65. The maximum Gasteiger partial charge on any atom is 0.275 e. The molecule has 5 rings (SSSR count). The monoisotopic (exact) mass is 521 g/mol. The van der Waals surface area contributed by atoms with Crippen LogP contribution in [0, 0.1) is 0 Å². The zero-order valence-corrected chi connectivity index (χ0v) is 22.1. The predicted octanol–water partition coefficient (Wildman–Crippen LogP) is 4.73. The molecule has 186 valence electrons. The second kappa shape index (κ2) is 9.76. The van der Waals surface area contributed by atoms with Gasteiger partial charge < -0.3 is 4.90 Å². The van der Waals surface area contributed by atoms with Crippen molar-refractivity contribution in [1.82, 2.24) is 24.4 Å². The van der Waals surface area contributed by atoms with Crippen LogP contribution in [0.2, 0.25) is 5.02 Å². The minimum Gasteiger partial charge on any atom is -0.336 e. The highest BCUT2D eigenvalue weighted by atomic mass is 35.5. The molecule has 0 atom stereocenters. The second-order valence-electron chi connectivity index (χ2n) is 10.1. The first kappa shape index (κ1) is 24.6. The van der Waals surface area contributed by atoms with Gasteiger partial charge in [-0.15, -0.1) is 0 Å². The SMILES string of the molecule is CC(C)(C)c1ccc(C(=O)N2CCN(Cc3cc(=O)n4nc(-c5ccccc5Cl)sc4n3)CC2)cc1. The Morgan fingerprint density at radius 3 is 2.39 bits per heavy atom. The number of hydrogen-bond acceptors (Lipinski definition) is 6. The van der Waals surface area contributed by atoms with Crippen LogP contribution in [0.5, 0.6) is 0 Å². The number of benzene rings is 2. The highest BCUT2D eigenvalue weighted by Gasteiger charge is 2.23. The lowest BCUT2D eigenvalue weighted by atomic mass is 9.86. The van der Waals surface area contributed by atoms with Gasteiger partial charge in [0.1, 0.15) is 5.01 Å². The third kappa shape index (κ3) is 5.07. The fourth-order valence-electron chi connectivity index (χ4n) is 4.31. The maximum absolute atomic E-state index is 13.0. The van der Waals surface area contributed by atoms with Gasteiger partial charge in [-0.1, -0.05) is 74.0 Å². The summed E-state index contributed by atoms with van der Waals surface area (Å²) in [6.07, 6.45) is 0. The van der Waals surface area contributed by atoms with Crippen molar-refractivity contribution in [3.05, 3.63) is 86.8 Å². The summed E-state index contributed by atoms with van der Waals surface area (Å²) < 4.78 is 1.33. The second-order valence-corrected chi connectivity index (χ2v) is 11.4. The molecule has 1 aliphatic heterocycles. The third-order valence-corrected chi connectivity index (χ3v) is 7.72. The largest absolute Gasteiger partial charge is 0.336 e. The summed E-state index contributed by atoms with van der Waals surface area (Å²) in [6.45, 7) is 9.76. The van der Waals surface area contributed by atoms with E-state index < -0.39 is 0 Å². The van der Waals surface area contributed by atoms with Crippen LogP contribution in [0.25, 0.3) is 15.5 Å². The molecule has 3 heterocycles. The van der Waals surface area contributed by atoms with Gasteiger partial charge in [0.05, 0.1) is 10.7 Å². The molecule has 0 spiro atoms. The number of nitrogens with zero attached hydrogens (tertiary/aromatic N) is 5. The Labute approximate surface area is 219 Å². The van der Waals surface area contributed by atoms with E-state index in [0.717, 1.165) is 24.2 Å². The number of hydrogen-bond donors (Lipinski definition) is 0. The number of aromatic nitrogens is 3. The van der Waals surface area contributed by atoms with E-state index in [-0.39, 0.29) is 16.9 Å². The number of piperazine rings is 1. The van der Waals surface area contributed by atoms with Crippen LogP contribution in [0.4, 0.5) is 0 Å². The van der Waals surface area contributed by atoms with Crippen LogP contribution >= 0.6 is 22.9 Å². The van der Waals surface area contributed by atoms with Crippen molar-refractivity contribution in [3.63, 3.8) is 0 Å². The molecule has 9 heteroatoms. The lowest BCUT2D eigenvalue weighted by molar-refractivity contribution is 0.0627. The summed E-state index contributed by atoms with van der Waals surface area (Å²) in [5, 5.41) is 5.67. The number of fused-ring (bicyclic) bond motifs is 1. The van der Waals surface area contributed by atoms with E-state index in [1.165, 1.54) is 27.5 Å². The Hall–Kier alpha value is -3.07. The predicted molar refractivity (Wildman–Crippen MR) is 144 cm³/mol. The van der Waals surface area contributed by atoms with Crippen molar-refractivity contribution in [2.24, 2.45) is 0 Å². The molecule has 0 N–H and O–H groups in total. The third-order valence-electron chi connectivity index (χ3n) is 6.45. The van der Waals surface area contributed by atoms with Crippen molar-refractivity contribution >= 4 is 33.8 Å². The maximum atomic E-state index is 13.0. The van der Waals surface area contributed by atoms with Crippen molar-refractivity contribution in [2.45, 2.75) is 32.7 Å². The normalized spacial score (nSPS) is 14.9. The molecule has 1 aliphatic rings. The van der Waals surface area contributed by atoms with E-state index in [9.17, 15) is 9.59 Å². The molecule has 36 heavy (non-hydrogen) atoms. The molecule has 2 aromatic carbocycles. The molecule has 1 saturated heterocycles. The minimum atomic E-state index is -0.211. The lowest BCUT2D eigenvalue weighted by Gasteiger charge is -2.34. The van der Waals surface area contributed by atoms with Gasteiger partial charge in [-0.2, -0.15) is 9.61 Å². The summed E-state index contributed by atoms with van der Waals surface area (Å²) in [5.41, 5.74) is 3.26. The zero-order valence-electron chi connectivity index (χ0n) is 20.6. The summed E-state index contributed by atoms with van der Waals surface area (Å²) in [5.74, 6) is 0.0599. The highest BCUT2D eigenvalue weighted by molar-refractivity contribution is 7.19. The summed E-state index contributed by atoms with van der Waals surface area (Å²) in [6, 6.07) is 16.9. The number of amides is 1. The van der Waals surface area contributed by atoms with Crippen LogP contribution < -0.4 is 5.56 Å². The lowest BCUT2D eigenvalue weighted by Crippen LogP contribution is -2.48. The Bertz CT molecular complexity index is 1460. The van der Waals surface area contributed by atoms with Gasteiger partial charge >= 0.3 is 0 Å². The van der Waals surface area contributed by atoms with Crippen LogP contribution in [0.15, 0.2) is 59.4 Å². The van der Waals surface area contributed by atoms with Gasteiger partial charge in [0, 0.05) is 49.9 Å². The van der Waals surface area contributed by atoms with Gasteiger partial charge in [-0.05, 0) is 29.2 Å². The van der Waals surface area contributed by atoms with E-state index in [1.54, 1.807) is 6.07 Å². The number of carbonyl (C=O) groups excluding carboxylic acids is 1. The first-order valence-corrected chi connectivity index (χ1v) is 13.2. The Morgan fingerprint density at radius 1 is 1.03 bits per heavy atom. The first-order chi connectivity index (χ1) is 17.2. The number of halogens is 1. The molecular formula is C27H28ClN5O2S. The molecule has 1 fully saturated rings. The molecule has 0 unspecified atom stereocenters. The van der Waals surface area contributed by atoms with Crippen LogP contribution in [0.3, 0.4) is 0 Å². The van der Waals surface area contributed by atoms with E-state index in [1.807, 2.05) is 47.4 Å². The molecule has 0 saturated carbocycles. The van der Waals surface area contributed by atoms with E-state index >= 15 is 0 Å². The molecule has 0 aliphatic carbocycles. The van der Waals surface area contributed by atoms with Crippen molar-refractivity contribution in [1.29, 1.82) is 0 Å². The highest BCUT2D eigenvalue weighted by Crippen LogP contribution is 2.30. The minimum absolute atomic E-state index is 0.0576. The smallest absolute Gasteiger partial charge is 0.275 e. The van der Waals surface area contributed by atoms with E-state index in [0.29, 0.717) is 40.3 Å². The Balaban J connectivity index is 1.25. The number of rotatable bonds is 4. The van der Waals surface area contributed by atoms with Crippen LogP contribution in [-0.2, 0) is 12.0 Å². The van der Waals surface area contributed by atoms with Crippen molar-refractivity contribution in [3.8, 4) is 10.6 Å². The first-order valence-electron chi connectivity index (χ1n) is 12.0. The Kier molecular flexibility index (Phi) is 6.68. The average Bonchev–Trinajstić information content (AvgIpc) is 3.28. The van der Waals surface area contributed by atoms with Crippen molar-refractivity contribution < 1.29 is 4.79 Å². The molecule has 1 amide bonds. The van der Waals surface area contributed by atoms with Crippen LogP contribution in [0.1, 0.15) is 42.4 Å². The standard InChI is InChI=1S/C27H28ClN5O2S/c1-27(2,3)19-10-8-18(9-11-19)25(35)32-14-12-31(13-15-32)17-20-16-23(34)33-26(29-20)36-24(30-33)21-6-4-5-7-22(21)28/h4-11,16H,12-15,17H2,1-3H3. The molecular weight excluding hydrogens is 494 g/mol. The van der Waals surface area contributed by atoms with Crippen LogP contribution in [-0.4, -0.2) is 56.5 Å². The van der Waals surface area contributed by atoms with Gasteiger partial charge in [0.2, 0.25) is 4.96 Å². The Morgan fingerprint density at radius 2 is 1.72 bits per heavy atom. The summed E-state index contributed by atoms with van der Waals surface area (Å²) in [4.78, 5) is 35.1. The van der Waals surface area contributed by atoms with Gasteiger partial charge in [0.15, 0.2) is 0 Å². The number of carbonyl (C=O) groups is 1. The molecule has 4 aromatic rings. The average molecular weight is 522 g/mol. The van der Waals surface area contributed by atoms with Gasteiger partial charge in [-0.3, -0.25) is 14.5 Å². The fourth-order valence-corrected chi connectivity index (χ4v) is 5.56. The van der Waals surface area contributed by atoms with E-state index in [2.05, 4.69) is 35.8 Å². The summed E-state index contributed by atoms with van der Waals surface area (Å²) in [7, 11) is 0. The quantitative estimate of drug-likeness (QED) is 0.388. The van der Waals surface area contributed by atoms with Gasteiger partial charge in [0.25, 0.3) is 11.5 Å². The van der Waals surface area contributed by atoms with Crippen molar-refractivity contribution in [2.75, 3.05) is 26.2 Å².